The predicted molar refractivity (Wildman–Crippen MR) is 101 cm³/mol. The number of carbonyl (C=O) groups excluding carboxylic acids is 1. The Morgan fingerprint density at radius 3 is 1.43 bits per heavy atom. The van der Waals surface area contributed by atoms with Crippen LogP contribution >= 0.6 is 0 Å². The van der Waals surface area contributed by atoms with Gasteiger partial charge >= 0.3 is 0 Å². The molecule has 4 rings (SSSR count). The molecule has 0 aliphatic heterocycles. The lowest BCUT2D eigenvalue weighted by Gasteiger charge is -2.61. The fraction of sp³-hybridized carbons (Fsp3) is 0.905. The molecular weight excluding hydrogens is 296 g/mol. The molecular formula is C21H36OSi. The molecule has 0 aromatic carbocycles. The van der Waals surface area contributed by atoms with Crippen molar-refractivity contribution in [2.24, 2.45) is 23.2 Å². The second-order valence-electron chi connectivity index (χ2n) is 10.1. The van der Waals surface area contributed by atoms with Gasteiger partial charge in [-0.1, -0.05) is 41.5 Å². The van der Waals surface area contributed by atoms with E-state index in [0.29, 0.717) is 16.6 Å². The number of hydrogen-bond acceptors (Lipinski definition) is 1. The Labute approximate surface area is 144 Å². The summed E-state index contributed by atoms with van der Waals surface area (Å²) in [5.41, 5.74) is 2.15. The maximum absolute atomic E-state index is 12.5. The first-order valence-electron chi connectivity index (χ1n) is 10.0. The first kappa shape index (κ1) is 17.5. The molecule has 0 saturated heterocycles. The summed E-state index contributed by atoms with van der Waals surface area (Å²) in [6.45, 7) is 14.4. The van der Waals surface area contributed by atoms with Crippen molar-refractivity contribution in [2.45, 2.75) is 96.7 Å². The number of rotatable bonds is 5. The topological polar surface area (TPSA) is 17.1 Å². The van der Waals surface area contributed by atoms with E-state index in [2.05, 4.69) is 47.5 Å². The largest absolute Gasteiger partial charge is 0.234 e. The Morgan fingerprint density at radius 2 is 1.17 bits per heavy atom. The van der Waals surface area contributed by atoms with Crippen LogP contribution in [0.2, 0.25) is 16.6 Å². The fourth-order valence-electron chi connectivity index (χ4n) is 7.94. The summed E-state index contributed by atoms with van der Waals surface area (Å²) in [5.74, 6) is 5.39. The SMILES string of the molecule is CC(C)[Si](C(=C=O)C12CC3CC(CC(C3)C1)C2)(C(C)C)C(C)C. The zero-order valence-electron chi connectivity index (χ0n) is 16.1. The summed E-state index contributed by atoms with van der Waals surface area (Å²) in [7, 11) is -1.85. The van der Waals surface area contributed by atoms with Crippen LogP contribution in [0, 0.1) is 23.2 Å². The highest BCUT2D eigenvalue weighted by Gasteiger charge is 2.59. The van der Waals surface area contributed by atoms with Gasteiger partial charge in [0.25, 0.3) is 0 Å². The number of hydrogen-bond donors (Lipinski definition) is 0. The minimum absolute atomic E-state index is 0.252. The lowest BCUT2D eigenvalue weighted by Crippen LogP contribution is -2.57. The Balaban J connectivity index is 2.10. The molecule has 4 fully saturated rings. The molecule has 0 spiro atoms. The highest BCUT2D eigenvalue weighted by molar-refractivity contribution is 6.91. The van der Waals surface area contributed by atoms with Gasteiger partial charge in [-0.05, 0) is 78.3 Å². The van der Waals surface area contributed by atoms with Crippen molar-refractivity contribution < 1.29 is 4.79 Å². The Bertz CT molecular complexity index is 453. The van der Waals surface area contributed by atoms with Gasteiger partial charge in [0.15, 0.2) is 0 Å². The van der Waals surface area contributed by atoms with Crippen LogP contribution in [0.15, 0.2) is 5.20 Å². The average Bonchev–Trinajstić information content (AvgIpc) is 2.41. The molecule has 0 aromatic heterocycles. The Morgan fingerprint density at radius 1 is 0.826 bits per heavy atom. The maximum Gasteiger partial charge on any atom is 0.119 e. The molecule has 2 heteroatoms. The van der Waals surface area contributed by atoms with E-state index in [1.54, 1.807) is 0 Å². The van der Waals surface area contributed by atoms with Crippen molar-refractivity contribution in [3.63, 3.8) is 0 Å². The van der Waals surface area contributed by atoms with Crippen molar-refractivity contribution in [3.8, 4) is 0 Å². The van der Waals surface area contributed by atoms with E-state index in [1.165, 1.54) is 43.7 Å². The minimum atomic E-state index is -1.85. The van der Waals surface area contributed by atoms with Gasteiger partial charge in [-0.2, -0.15) is 0 Å². The molecule has 0 heterocycles. The summed E-state index contributed by atoms with van der Waals surface area (Å²) < 4.78 is 0. The molecule has 4 saturated carbocycles. The van der Waals surface area contributed by atoms with E-state index in [0.717, 1.165) is 17.8 Å². The lowest BCUT2D eigenvalue weighted by molar-refractivity contribution is -0.0268. The molecule has 0 atom stereocenters. The molecule has 4 aliphatic carbocycles. The third-order valence-corrected chi connectivity index (χ3v) is 15.2. The van der Waals surface area contributed by atoms with Crippen molar-refractivity contribution in [1.82, 2.24) is 0 Å². The zero-order valence-corrected chi connectivity index (χ0v) is 17.1. The summed E-state index contributed by atoms with van der Waals surface area (Å²) in [5, 5.41) is 1.34. The van der Waals surface area contributed by atoms with Gasteiger partial charge < -0.3 is 0 Å². The number of allylic oxidation sites excluding steroid dienone is 1. The summed E-state index contributed by atoms with van der Waals surface area (Å²) in [6.07, 6.45) is 8.28. The summed E-state index contributed by atoms with van der Waals surface area (Å²) >= 11 is 0. The van der Waals surface area contributed by atoms with Crippen LogP contribution in [-0.2, 0) is 4.79 Å². The molecule has 1 nitrogen and oxygen atoms in total. The van der Waals surface area contributed by atoms with Gasteiger partial charge in [0.2, 0.25) is 0 Å². The molecule has 23 heavy (non-hydrogen) atoms. The van der Waals surface area contributed by atoms with E-state index in [4.69, 9.17) is 0 Å². The van der Waals surface area contributed by atoms with Crippen LogP contribution in [0.4, 0.5) is 0 Å². The zero-order chi connectivity index (χ0) is 17.0. The molecule has 0 aromatic rings. The second kappa shape index (κ2) is 5.88. The predicted octanol–water partition coefficient (Wildman–Crippen LogP) is 6.18. The van der Waals surface area contributed by atoms with Crippen molar-refractivity contribution in [3.05, 3.63) is 5.20 Å². The van der Waals surface area contributed by atoms with Crippen LogP contribution in [0.1, 0.15) is 80.1 Å². The first-order valence-corrected chi connectivity index (χ1v) is 12.3. The quantitative estimate of drug-likeness (QED) is 0.434. The molecule has 130 valence electrons. The first-order chi connectivity index (χ1) is 10.8. The lowest BCUT2D eigenvalue weighted by atomic mass is 9.49. The van der Waals surface area contributed by atoms with Gasteiger partial charge in [0.1, 0.15) is 14.0 Å². The van der Waals surface area contributed by atoms with E-state index < -0.39 is 8.07 Å². The summed E-state index contributed by atoms with van der Waals surface area (Å²) in [4.78, 5) is 12.5. The van der Waals surface area contributed by atoms with Crippen molar-refractivity contribution >= 4 is 14.0 Å². The van der Waals surface area contributed by atoms with E-state index in [9.17, 15) is 4.79 Å². The smallest absolute Gasteiger partial charge is 0.119 e. The Kier molecular flexibility index (Phi) is 4.47. The van der Waals surface area contributed by atoms with Crippen LogP contribution < -0.4 is 0 Å². The van der Waals surface area contributed by atoms with Gasteiger partial charge in [0, 0.05) is 5.20 Å². The second-order valence-corrected chi connectivity index (χ2v) is 15.9. The molecule has 0 N–H and O–H groups in total. The van der Waals surface area contributed by atoms with Gasteiger partial charge in [-0.15, -0.1) is 0 Å². The highest BCUT2D eigenvalue weighted by Crippen LogP contribution is 2.66. The highest BCUT2D eigenvalue weighted by atomic mass is 28.3. The van der Waals surface area contributed by atoms with Gasteiger partial charge in [-0.3, -0.25) is 0 Å². The average molecular weight is 333 g/mol. The van der Waals surface area contributed by atoms with Crippen LogP contribution in [-0.4, -0.2) is 14.0 Å². The van der Waals surface area contributed by atoms with Gasteiger partial charge in [-0.25, -0.2) is 4.79 Å². The maximum atomic E-state index is 12.5. The van der Waals surface area contributed by atoms with Crippen molar-refractivity contribution in [1.29, 1.82) is 0 Å². The van der Waals surface area contributed by atoms with E-state index >= 15 is 0 Å². The fourth-order valence-corrected chi connectivity index (χ4v) is 15.1. The monoisotopic (exact) mass is 332 g/mol. The molecule has 4 bridgehead atoms. The third-order valence-electron chi connectivity index (χ3n) is 7.97. The molecule has 4 aliphatic rings. The van der Waals surface area contributed by atoms with Crippen LogP contribution in [0.5, 0.6) is 0 Å². The Hall–Kier alpha value is -0.333. The normalized spacial score (nSPS) is 36.1. The minimum Gasteiger partial charge on any atom is -0.234 e. The molecule has 0 amide bonds. The van der Waals surface area contributed by atoms with Crippen LogP contribution in [0.25, 0.3) is 0 Å². The van der Waals surface area contributed by atoms with Crippen molar-refractivity contribution in [2.75, 3.05) is 0 Å². The third kappa shape index (κ3) is 2.43. The molecule has 0 radical (unpaired) electrons. The van der Waals surface area contributed by atoms with Crippen LogP contribution in [0.3, 0.4) is 0 Å². The standard InChI is InChI=1S/C21H36OSi/c1-14(2)23(15(3)4,16(5)6)20(13-22)21-10-17-7-18(11-21)9-19(8-17)12-21/h14-19H,7-12H2,1-6H3. The van der Waals surface area contributed by atoms with Gasteiger partial charge in [0.05, 0.1) is 0 Å². The van der Waals surface area contributed by atoms with E-state index in [1.807, 2.05) is 0 Å². The molecule has 0 unspecified atom stereocenters. The summed E-state index contributed by atoms with van der Waals surface area (Å²) in [6, 6.07) is 0. The van der Waals surface area contributed by atoms with E-state index in [-0.39, 0.29) is 5.41 Å².